The molecule has 0 bridgehead atoms. The predicted molar refractivity (Wildman–Crippen MR) is 169 cm³/mol. The van der Waals surface area contributed by atoms with E-state index in [-0.39, 0.29) is 17.9 Å². The fraction of sp³-hybridized carbons (Fsp3) is 0.667. The molecule has 11 nitrogen and oxygen atoms in total. The average Bonchev–Trinajstić information content (AvgIpc) is 3.46. The molecule has 0 aliphatic carbocycles. The van der Waals surface area contributed by atoms with Crippen molar-refractivity contribution in [3.8, 4) is 17.1 Å². The van der Waals surface area contributed by atoms with E-state index in [9.17, 15) is 8.42 Å². The molecule has 0 radical (unpaired) electrons. The smallest absolute Gasteiger partial charge is 0.264 e. The molecular formula is C30H48N4O7SSi. The lowest BCUT2D eigenvalue weighted by Crippen LogP contribution is -2.43. The van der Waals surface area contributed by atoms with Crippen LogP contribution >= 0.6 is 0 Å². The first-order chi connectivity index (χ1) is 20.1. The monoisotopic (exact) mass is 636 g/mol. The maximum Gasteiger partial charge on any atom is 0.264 e. The second-order valence-electron chi connectivity index (χ2n) is 12.9. The summed E-state index contributed by atoms with van der Waals surface area (Å²) < 4.78 is 55.2. The summed E-state index contributed by atoms with van der Waals surface area (Å²) in [4.78, 5) is 4.95. The van der Waals surface area contributed by atoms with Gasteiger partial charge in [0.2, 0.25) is 8.32 Å². The Morgan fingerprint density at radius 1 is 1.14 bits per heavy atom. The van der Waals surface area contributed by atoms with Gasteiger partial charge in [-0.15, -0.1) is 0 Å². The minimum atomic E-state index is -3.50. The molecule has 0 saturated carbocycles. The van der Waals surface area contributed by atoms with Crippen LogP contribution in [0.25, 0.3) is 22.3 Å². The van der Waals surface area contributed by atoms with E-state index in [1.165, 1.54) is 0 Å². The summed E-state index contributed by atoms with van der Waals surface area (Å²) >= 11 is 0. The highest BCUT2D eigenvalue weighted by Gasteiger charge is 2.39. The molecule has 3 heterocycles. The Morgan fingerprint density at radius 2 is 1.88 bits per heavy atom. The highest BCUT2D eigenvalue weighted by Crippen LogP contribution is 2.39. The standard InChI is InChI=1S/C30H48N4O7SSi/c1-22(40-42(6,35)36)21-38-18-17-37-16-14-27-31-25(20-33(27)5)29-24-19-23(41-43(7,8)30(2,3)4)12-13-26(24)34(32-29)28-11-9-10-15-39-28/h12-13,19-20,22,28H,9-11,14-18,21H2,1-8H3. The minimum Gasteiger partial charge on any atom is -0.543 e. The number of hydrogen-bond acceptors (Lipinski definition) is 9. The third-order valence-electron chi connectivity index (χ3n) is 8.03. The lowest BCUT2D eigenvalue weighted by molar-refractivity contribution is -0.0365. The quantitative estimate of drug-likeness (QED) is 0.129. The van der Waals surface area contributed by atoms with E-state index in [1.807, 2.05) is 22.5 Å². The average molecular weight is 637 g/mol. The number of fused-ring (bicyclic) bond motifs is 1. The van der Waals surface area contributed by atoms with Gasteiger partial charge in [0, 0.05) is 31.7 Å². The molecule has 1 aliphatic rings. The number of rotatable bonds is 14. The van der Waals surface area contributed by atoms with Gasteiger partial charge in [0.15, 0.2) is 6.23 Å². The summed E-state index contributed by atoms with van der Waals surface area (Å²) in [6.45, 7) is 15.0. The van der Waals surface area contributed by atoms with E-state index in [0.29, 0.717) is 26.2 Å². The molecular weight excluding hydrogens is 589 g/mol. The third kappa shape index (κ3) is 8.89. The van der Waals surface area contributed by atoms with Crippen LogP contribution in [0, 0.1) is 0 Å². The Labute approximate surface area is 257 Å². The number of benzene rings is 1. The SMILES string of the molecule is CC(COCCOCCc1nc(-c2nn(C3CCCCO3)c3ccc(O[Si](C)(C)C(C)(C)C)cc23)cn1C)OS(C)(=O)=O. The number of aromatic nitrogens is 4. The van der Waals surface area contributed by atoms with E-state index in [0.717, 1.165) is 66.0 Å². The zero-order valence-corrected chi connectivity index (χ0v) is 28.7. The third-order valence-corrected chi connectivity index (χ3v) is 13.1. The van der Waals surface area contributed by atoms with Crippen molar-refractivity contribution in [1.82, 2.24) is 19.3 Å². The van der Waals surface area contributed by atoms with Crippen molar-refractivity contribution in [3.63, 3.8) is 0 Å². The Kier molecular flexibility index (Phi) is 10.8. The molecule has 2 aromatic heterocycles. The zero-order chi connectivity index (χ0) is 31.4. The van der Waals surface area contributed by atoms with Gasteiger partial charge in [0.25, 0.3) is 10.1 Å². The second kappa shape index (κ2) is 13.8. The highest BCUT2D eigenvalue weighted by molar-refractivity contribution is 7.86. The molecule has 2 atom stereocenters. The molecule has 4 rings (SSSR count). The van der Waals surface area contributed by atoms with E-state index < -0.39 is 24.5 Å². The van der Waals surface area contributed by atoms with Crippen LogP contribution < -0.4 is 4.43 Å². The Bertz CT molecular complexity index is 1470. The van der Waals surface area contributed by atoms with Gasteiger partial charge in [0.1, 0.15) is 23.0 Å². The highest BCUT2D eigenvalue weighted by atomic mass is 32.2. The molecule has 1 saturated heterocycles. The lowest BCUT2D eigenvalue weighted by Gasteiger charge is -2.36. The van der Waals surface area contributed by atoms with Gasteiger partial charge in [-0.3, -0.25) is 4.18 Å². The van der Waals surface area contributed by atoms with Gasteiger partial charge in [-0.05, 0) is 62.5 Å². The maximum atomic E-state index is 11.2. The molecule has 13 heteroatoms. The van der Waals surface area contributed by atoms with Crippen LogP contribution in [-0.4, -0.2) is 81.5 Å². The van der Waals surface area contributed by atoms with E-state index in [4.69, 9.17) is 32.9 Å². The van der Waals surface area contributed by atoms with Crippen molar-refractivity contribution >= 4 is 29.3 Å². The molecule has 0 amide bonds. The van der Waals surface area contributed by atoms with E-state index in [1.54, 1.807) is 6.92 Å². The topological polar surface area (TPSA) is 116 Å². The first kappa shape index (κ1) is 33.6. The van der Waals surface area contributed by atoms with Crippen molar-refractivity contribution in [2.75, 3.05) is 39.3 Å². The molecule has 3 aromatic rings. The van der Waals surface area contributed by atoms with Crippen LogP contribution in [-0.2, 0) is 42.0 Å². The number of imidazole rings is 1. The zero-order valence-electron chi connectivity index (χ0n) is 26.9. The largest absolute Gasteiger partial charge is 0.543 e. The fourth-order valence-corrected chi connectivity index (χ4v) is 6.44. The molecule has 1 aliphatic heterocycles. The fourth-order valence-electron chi connectivity index (χ4n) is 4.77. The van der Waals surface area contributed by atoms with Crippen molar-refractivity contribution in [2.24, 2.45) is 7.05 Å². The Balaban J connectivity index is 1.47. The van der Waals surface area contributed by atoms with Crippen molar-refractivity contribution in [3.05, 3.63) is 30.2 Å². The first-order valence-corrected chi connectivity index (χ1v) is 19.8. The van der Waals surface area contributed by atoms with Gasteiger partial charge >= 0.3 is 0 Å². The van der Waals surface area contributed by atoms with Crippen LogP contribution in [0.3, 0.4) is 0 Å². The van der Waals surface area contributed by atoms with Crippen LogP contribution in [0.2, 0.25) is 18.1 Å². The molecule has 1 fully saturated rings. The summed E-state index contributed by atoms with van der Waals surface area (Å²) in [5.41, 5.74) is 2.62. The summed E-state index contributed by atoms with van der Waals surface area (Å²) in [6.07, 6.45) is 6.12. The summed E-state index contributed by atoms with van der Waals surface area (Å²) in [5.74, 6) is 1.74. The number of nitrogens with zero attached hydrogens (tertiary/aromatic N) is 4. The van der Waals surface area contributed by atoms with Crippen LogP contribution in [0.1, 0.15) is 59.0 Å². The molecule has 240 valence electrons. The van der Waals surface area contributed by atoms with Crippen molar-refractivity contribution in [1.29, 1.82) is 0 Å². The van der Waals surface area contributed by atoms with Crippen LogP contribution in [0.4, 0.5) is 0 Å². The lowest BCUT2D eigenvalue weighted by atomic mass is 10.1. The Morgan fingerprint density at radius 3 is 2.56 bits per heavy atom. The number of aryl methyl sites for hydroxylation is 1. The Hall–Kier alpha value is -2.29. The molecule has 1 aromatic carbocycles. The molecule has 0 N–H and O–H groups in total. The van der Waals surface area contributed by atoms with Crippen LogP contribution in [0.15, 0.2) is 24.4 Å². The normalized spacial score (nSPS) is 17.4. The van der Waals surface area contributed by atoms with E-state index in [2.05, 4.69) is 52.1 Å². The number of ether oxygens (including phenoxy) is 3. The number of hydrogen-bond donors (Lipinski definition) is 0. The van der Waals surface area contributed by atoms with Gasteiger partial charge < -0.3 is 23.2 Å². The first-order valence-electron chi connectivity index (χ1n) is 15.0. The minimum absolute atomic E-state index is 0.0834. The molecule has 2 unspecified atom stereocenters. The second-order valence-corrected chi connectivity index (χ2v) is 19.2. The van der Waals surface area contributed by atoms with Gasteiger partial charge in [0.05, 0.1) is 44.3 Å². The van der Waals surface area contributed by atoms with Gasteiger partial charge in [-0.25, -0.2) is 9.67 Å². The predicted octanol–water partition coefficient (Wildman–Crippen LogP) is 5.46. The molecule has 0 spiro atoms. The summed E-state index contributed by atoms with van der Waals surface area (Å²) in [5, 5.41) is 6.15. The molecule has 43 heavy (non-hydrogen) atoms. The van der Waals surface area contributed by atoms with E-state index >= 15 is 0 Å². The maximum absolute atomic E-state index is 11.2. The summed E-state index contributed by atoms with van der Waals surface area (Å²) in [6, 6.07) is 6.26. The van der Waals surface area contributed by atoms with Gasteiger partial charge in [-0.1, -0.05) is 20.8 Å². The van der Waals surface area contributed by atoms with Crippen LogP contribution in [0.5, 0.6) is 5.75 Å². The van der Waals surface area contributed by atoms with Gasteiger partial charge in [-0.2, -0.15) is 13.5 Å². The van der Waals surface area contributed by atoms with Crippen molar-refractivity contribution in [2.45, 2.75) is 83.8 Å². The summed E-state index contributed by atoms with van der Waals surface area (Å²) in [7, 11) is -3.54. The van der Waals surface area contributed by atoms with Crippen molar-refractivity contribution < 1.29 is 31.2 Å².